The number of rotatable bonds is 4. The first-order valence-corrected chi connectivity index (χ1v) is 8.07. The molecule has 2 bridgehead atoms. The Bertz CT molecular complexity index is 673. The van der Waals surface area contributed by atoms with Gasteiger partial charge in [-0.05, 0) is 31.9 Å². The first-order valence-electron chi connectivity index (χ1n) is 8.07. The fourth-order valence-corrected chi connectivity index (χ4v) is 3.76. The van der Waals surface area contributed by atoms with Crippen molar-refractivity contribution in [3.63, 3.8) is 0 Å². The number of amides is 3. The second-order valence-corrected chi connectivity index (χ2v) is 6.49. The van der Waals surface area contributed by atoms with Crippen molar-refractivity contribution in [3.8, 4) is 5.75 Å². The molecule has 3 heterocycles. The van der Waals surface area contributed by atoms with Crippen molar-refractivity contribution in [2.24, 2.45) is 11.8 Å². The van der Waals surface area contributed by atoms with E-state index in [0.717, 1.165) is 23.4 Å². The van der Waals surface area contributed by atoms with Crippen LogP contribution in [-0.2, 0) is 19.1 Å². The number of nitrogens with zero attached hydrogens (tertiary/aromatic N) is 1. The van der Waals surface area contributed by atoms with Gasteiger partial charge >= 0.3 is 0 Å². The molecular weight excluding hydrogens is 312 g/mol. The quantitative estimate of drug-likeness (QED) is 0.816. The molecule has 4 atom stereocenters. The van der Waals surface area contributed by atoms with E-state index in [9.17, 15) is 14.4 Å². The zero-order valence-corrected chi connectivity index (χ0v) is 13.2. The molecule has 3 fully saturated rings. The number of carbonyl (C=O) groups is 3. The molecule has 126 valence electrons. The summed E-state index contributed by atoms with van der Waals surface area (Å²) in [6.07, 6.45) is 1.20. The van der Waals surface area contributed by atoms with E-state index in [0.29, 0.717) is 5.75 Å². The average Bonchev–Trinajstić information content (AvgIpc) is 3.24. The van der Waals surface area contributed by atoms with E-state index in [-0.39, 0.29) is 30.6 Å². The number of nitrogens with one attached hydrogen (secondary N) is 1. The third kappa shape index (κ3) is 2.36. The monoisotopic (exact) mass is 330 g/mol. The summed E-state index contributed by atoms with van der Waals surface area (Å²) in [5.41, 5.74) is 3.46. The van der Waals surface area contributed by atoms with Gasteiger partial charge in [-0.3, -0.25) is 19.8 Å². The van der Waals surface area contributed by atoms with Gasteiger partial charge in [-0.2, -0.15) is 5.01 Å². The van der Waals surface area contributed by atoms with Gasteiger partial charge in [0, 0.05) is 0 Å². The minimum atomic E-state index is -0.537. The minimum Gasteiger partial charge on any atom is -0.484 e. The van der Waals surface area contributed by atoms with Crippen LogP contribution >= 0.6 is 0 Å². The largest absolute Gasteiger partial charge is 0.484 e. The van der Waals surface area contributed by atoms with Gasteiger partial charge < -0.3 is 9.47 Å². The van der Waals surface area contributed by atoms with Crippen LogP contribution < -0.4 is 10.2 Å². The first-order chi connectivity index (χ1) is 11.5. The van der Waals surface area contributed by atoms with Crippen LogP contribution in [0.5, 0.6) is 5.75 Å². The van der Waals surface area contributed by atoms with Crippen molar-refractivity contribution in [3.05, 3.63) is 29.8 Å². The minimum absolute atomic E-state index is 0.192. The fraction of sp³-hybridized carbons (Fsp3) is 0.471. The number of aryl methyl sites for hydroxylation is 1. The molecule has 3 aliphatic heterocycles. The zero-order chi connectivity index (χ0) is 16.8. The van der Waals surface area contributed by atoms with Crippen molar-refractivity contribution >= 4 is 17.7 Å². The highest BCUT2D eigenvalue weighted by Crippen LogP contribution is 2.47. The van der Waals surface area contributed by atoms with Crippen LogP contribution in [-0.4, -0.2) is 41.5 Å². The van der Waals surface area contributed by atoms with Gasteiger partial charge in [-0.25, -0.2) is 0 Å². The highest BCUT2D eigenvalue weighted by Gasteiger charge is 2.62. The molecule has 3 amide bonds. The molecule has 1 N–H and O–H groups in total. The predicted octanol–water partition coefficient (Wildman–Crippen LogP) is 0.567. The first kappa shape index (κ1) is 15.1. The summed E-state index contributed by atoms with van der Waals surface area (Å²) in [6, 6.07) is 7.26. The van der Waals surface area contributed by atoms with Crippen LogP contribution in [0, 0.1) is 18.8 Å². The lowest BCUT2D eigenvalue weighted by Crippen LogP contribution is -2.49. The van der Waals surface area contributed by atoms with E-state index >= 15 is 0 Å². The fourth-order valence-electron chi connectivity index (χ4n) is 3.76. The molecule has 4 rings (SSSR count). The lowest BCUT2D eigenvalue weighted by Gasteiger charge is -2.18. The molecule has 0 saturated carbocycles. The van der Waals surface area contributed by atoms with E-state index in [4.69, 9.17) is 9.47 Å². The summed E-state index contributed by atoms with van der Waals surface area (Å²) in [5.74, 6) is -1.63. The molecule has 0 aliphatic carbocycles. The maximum atomic E-state index is 12.4. The summed E-state index contributed by atoms with van der Waals surface area (Å²) >= 11 is 0. The Balaban J connectivity index is 1.37. The lowest BCUT2D eigenvalue weighted by molar-refractivity contribution is -0.151. The average molecular weight is 330 g/mol. The molecule has 1 aromatic carbocycles. The van der Waals surface area contributed by atoms with Crippen LogP contribution in [0.1, 0.15) is 18.4 Å². The third-order valence-corrected chi connectivity index (χ3v) is 4.91. The number of ether oxygens (including phenoxy) is 2. The van der Waals surface area contributed by atoms with Gasteiger partial charge in [0.2, 0.25) is 0 Å². The van der Waals surface area contributed by atoms with Crippen molar-refractivity contribution < 1.29 is 23.9 Å². The molecule has 0 spiro atoms. The van der Waals surface area contributed by atoms with E-state index in [2.05, 4.69) is 5.43 Å². The van der Waals surface area contributed by atoms with Gasteiger partial charge in [0.1, 0.15) is 5.75 Å². The Labute approximate surface area is 138 Å². The number of benzene rings is 1. The number of carbonyl (C=O) groups excluding carboxylic acids is 3. The predicted molar refractivity (Wildman–Crippen MR) is 81.5 cm³/mol. The van der Waals surface area contributed by atoms with E-state index in [1.807, 2.05) is 19.1 Å². The molecule has 3 aliphatic rings. The number of hydrogen-bond acceptors (Lipinski definition) is 5. The smallest absolute Gasteiger partial charge is 0.276 e. The van der Waals surface area contributed by atoms with E-state index < -0.39 is 17.7 Å². The topological polar surface area (TPSA) is 84.9 Å². The summed E-state index contributed by atoms with van der Waals surface area (Å²) in [6.45, 7) is 1.69. The Kier molecular flexibility index (Phi) is 3.53. The second kappa shape index (κ2) is 5.59. The Hall–Kier alpha value is -2.41. The van der Waals surface area contributed by atoms with Crippen LogP contribution in [0.2, 0.25) is 0 Å². The summed E-state index contributed by atoms with van der Waals surface area (Å²) < 4.78 is 11.0. The van der Waals surface area contributed by atoms with Gasteiger partial charge in [0.15, 0.2) is 6.61 Å². The number of hydrogen-bond donors (Lipinski definition) is 1. The van der Waals surface area contributed by atoms with Gasteiger partial charge in [-0.1, -0.05) is 17.7 Å². The molecule has 0 radical (unpaired) electrons. The zero-order valence-electron chi connectivity index (χ0n) is 13.2. The van der Waals surface area contributed by atoms with Gasteiger partial charge in [0.05, 0.1) is 24.0 Å². The molecule has 0 aromatic heterocycles. The van der Waals surface area contributed by atoms with Crippen LogP contribution in [0.25, 0.3) is 0 Å². The standard InChI is InChI=1S/C17H18N2O5/c1-9-2-4-10(5-3-9)23-8-13(20)18-19-16(21)14-11-6-7-12(24-11)15(14)17(19)22/h2-5,11-12,14-15H,6-8H2,1H3,(H,18,20)/t11-,12-,14-,15-/m0/s1. The van der Waals surface area contributed by atoms with Crippen LogP contribution in [0.15, 0.2) is 24.3 Å². The van der Waals surface area contributed by atoms with Crippen molar-refractivity contribution in [1.29, 1.82) is 0 Å². The Morgan fingerprint density at radius 1 is 1.17 bits per heavy atom. The highest BCUT2D eigenvalue weighted by molar-refractivity contribution is 6.07. The molecule has 0 unspecified atom stereocenters. The van der Waals surface area contributed by atoms with E-state index in [1.54, 1.807) is 12.1 Å². The van der Waals surface area contributed by atoms with Gasteiger partial charge in [-0.15, -0.1) is 0 Å². The third-order valence-electron chi connectivity index (χ3n) is 4.91. The highest BCUT2D eigenvalue weighted by atomic mass is 16.5. The summed E-state index contributed by atoms with van der Waals surface area (Å²) in [4.78, 5) is 36.8. The number of imide groups is 1. The molecule has 7 nitrogen and oxygen atoms in total. The maximum Gasteiger partial charge on any atom is 0.276 e. The van der Waals surface area contributed by atoms with Crippen LogP contribution in [0.4, 0.5) is 0 Å². The molecule has 3 saturated heterocycles. The lowest BCUT2D eigenvalue weighted by atomic mass is 9.81. The molecule has 7 heteroatoms. The maximum absolute atomic E-state index is 12.4. The number of fused-ring (bicyclic) bond motifs is 5. The normalized spacial score (nSPS) is 30.6. The van der Waals surface area contributed by atoms with Crippen molar-refractivity contribution in [2.45, 2.75) is 32.0 Å². The summed E-state index contributed by atoms with van der Waals surface area (Å²) in [5, 5.41) is 0.851. The molecule has 24 heavy (non-hydrogen) atoms. The summed E-state index contributed by atoms with van der Waals surface area (Å²) in [7, 11) is 0. The SMILES string of the molecule is Cc1ccc(OCC(=O)NN2C(=O)[C@@H]3[C@@H](C2=O)[C@@H]2CC[C@@H]3O2)cc1. The molecule has 1 aromatic rings. The second-order valence-electron chi connectivity index (χ2n) is 6.49. The van der Waals surface area contributed by atoms with Gasteiger partial charge in [0.25, 0.3) is 17.7 Å². The van der Waals surface area contributed by atoms with Crippen LogP contribution in [0.3, 0.4) is 0 Å². The van der Waals surface area contributed by atoms with E-state index in [1.165, 1.54) is 0 Å². The Morgan fingerprint density at radius 2 is 1.75 bits per heavy atom. The molecular formula is C17H18N2O5. The Morgan fingerprint density at radius 3 is 2.33 bits per heavy atom. The number of hydrazine groups is 1. The van der Waals surface area contributed by atoms with Crippen molar-refractivity contribution in [2.75, 3.05) is 6.61 Å². The van der Waals surface area contributed by atoms with Crippen molar-refractivity contribution in [1.82, 2.24) is 10.4 Å².